The standard InChI is InChI=1S/C25H44N2/c1-9-10-11-12-13-14-18-26-21(6)25(7,8)27-23-17-15-16-22(19(2)3)24(23)20(4)5/h15-17,19-20,27H,9-14,18H2,1-8H3. The van der Waals surface area contributed by atoms with Crippen molar-refractivity contribution in [2.24, 2.45) is 4.99 Å². The van der Waals surface area contributed by atoms with E-state index in [1.54, 1.807) is 0 Å². The van der Waals surface area contributed by atoms with Crippen molar-refractivity contribution in [1.29, 1.82) is 0 Å². The largest absolute Gasteiger partial charge is 0.375 e. The summed E-state index contributed by atoms with van der Waals surface area (Å²) in [5, 5.41) is 3.80. The predicted molar refractivity (Wildman–Crippen MR) is 124 cm³/mol. The van der Waals surface area contributed by atoms with E-state index in [9.17, 15) is 0 Å². The molecule has 1 aromatic rings. The maximum Gasteiger partial charge on any atom is 0.0693 e. The SMILES string of the molecule is CCCCCCCCN=C(C)C(C)(C)Nc1cccc(C(C)C)c1C(C)C. The summed E-state index contributed by atoms with van der Waals surface area (Å²) in [6.45, 7) is 19.0. The minimum atomic E-state index is -0.137. The molecule has 0 aromatic heterocycles. The van der Waals surface area contributed by atoms with Gasteiger partial charge >= 0.3 is 0 Å². The molecule has 0 saturated heterocycles. The second-order valence-corrected chi connectivity index (χ2v) is 9.10. The quantitative estimate of drug-likeness (QED) is 0.292. The third-order valence-corrected chi connectivity index (χ3v) is 5.55. The highest BCUT2D eigenvalue weighted by molar-refractivity contribution is 5.93. The van der Waals surface area contributed by atoms with E-state index in [0.717, 1.165) is 6.54 Å². The summed E-state index contributed by atoms with van der Waals surface area (Å²) < 4.78 is 0. The number of nitrogens with zero attached hydrogens (tertiary/aromatic N) is 1. The molecule has 0 heterocycles. The van der Waals surface area contributed by atoms with Gasteiger partial charge in [0.05, 0.1) is 5.54 Å². The van der Waals surface area contributed by atoms with Crippen LogP contribution in [0.25, 0.3) is 0 Å². The molecule has 0 amide bonds. The molecule has 2 nitrogen and oxygen atoms in total. The fourth-order valence-corrected chi connectivity index (χ4v) is 3.60. The minimum Gasteiger partial charge on any atom is -0.375 e. The lowest BCUT2D eigenvalue weighted by Gasteiger charge is -2.31. The predicted octanol–water partition coefficient (Wildman–Crippen LogP) is 7.95. The highest BCUT2D eigenvalue weighted by Gasteiger charge is 2.24. The Morgan fingerprint density at radius 1 is 0.963 bits per heavy atom. The Bertz CT molecular complexity index is 582. The molecule has 0 atom stereocenters. The Hall–Kier alpha value is -1.31. The van der Waals surface area contributed by atoms with Gasteiger partial charge in [-0.2, -0.15) is 0 Å². The minimum absolute atomic E-state index is 0.137. The first-order valence-corrected chi connectivity index (χ1v) is 11.1. The highest BCUT2D eigenvalue weighted by Crippen LogP contribution is 2.34. The van der Waals surface area contributed by atoms with E-state index in [-0.39, 0.29) is 5.54 Å². The van der Waals surface area contributed by atoms with Gasteiger partial charge in [0, 0.05) is 17.9 Å². The summed E-state index contributed by atoms with van der Waals surface area (Å²) in [5.41, 5.74) is 5.22. The Morgan fingerprint density at radius 2 is 1.59 bits per heavy atom. The lowest BCUT2D eigenvalue weighted by atomic mass is 9.88. The number of nitrogens with one attached hydrogen (secondary N) is 1. The molecule has 27 heavy (non-hydrogen) atoms. The molecule has 0 aliphatic rings. The van der Waals surface area contributed by atoms with E-state index in [1.807, 2.05) is 0 Å². The number of rotatable bonds is 12. The monoisotopic (exact) mass is 372 g/mol. The van der Waals surface area contributed by atoms with Crippen molar-refractivity contribution in [3.63, 3.8) is 0 Å². The molecule has 0 spiro atoms. The first-order valence-electron chi connectivity index (χ1n) is 11.1. The van der Waals surface area contributed by atoms with Gasteiger partial charge in [-0.3, -0.25) is 4.99 Å². The number of unbranched alkanes of at least 4 members (excludes halogenated alkanes) is 5. The van der Waals surface area contributed by atoms with Crippen molar-refractivity contribution in [1.82, 2.24) is 0 Å². The molecular weight excluding hydrogens is 328 g/mol. The number of benzene rings is 1. The van der Waals surface area contributed by atoms with Gasteiger partial charge in [0.25, 0.3) is 0 Å². The topological polar surface area (TPSA) is 24.4 Å². The van der Waals surface area contributed by atoms with Crippen molar-refractivity contribution in [2.45, 2.75) is 111 Å². The zero-order valence-electron chi connectivity index (χ0n) is 19.3. The second kappa shape index (κ2) is 11.5. The number of anilines is 1. The van der Waals surface area contributed by atoms with Gasteiger partial charge < -0.3 is 5.32 Å². The van der Waals surface area contributed by atoms with Crippen molar-refractivity contribution in [2.75, 3.05) is 11.9 Å². The molecule has 1 aromatic carbocycles. The maximum absolute atomic E-state index is 4.90. The van der Waals surface area contributed by atoms with Crippen LogP contribution in [-0.2, 0) is 0 Å². The normalized spacial score (nSPS) is 12.9. The van der Waals surface area contributed by atoms with E-state index >= 15 is 0 Å². The molecule has 1 rings (SSSR count). The van der Waals surface area contributed by atoms with Gasteiger partial charge in [0.2, 0.25) is 0 Å². The molecule has 154 valence electrons. The van der Waals surface area contributed by atoms with Crippen molar-refractivity contribution >= 4 is 11.4 Å². The van der Waals surface area contributed by atoms with E-state index in [1.165, 1.54) is 61.1 Å². The van der Waals surface area contributed by atoms with Gasteiger partial charge in [0.1, 0.15) is 0 Å². The third kappa shape index (κ3) is 7.68. The Kier molecular flexibility index (Phi) is 10.1. The lowest BCUT2D eigenvalue weighted by molar-refractivity contribution is 0.610. The Morgan fingerprint density at radius 3 is 2.19 bits per heavy atom. The zero-order valence-corrected chi connectivity index (χ0v) is 19.3. The second-order valence-electron chi connectivity index (χ2n) is 9.10. The number of hydrogen-bond acceptors (Lipinski definition) is 2. The van der Waals surface area contributed by atoms with Crippen LogP contribution in [0.3, 0.4) is 0 Å². The number of aliphatic imine (C=N–C) groups is 1. The summed E-state index contributed by atoms with van der Waals surface area (Å²) in [6, 6.07) is 6.68. The van der Waals surface area contributed by atoms with Crippen LogP contribution < -0.4 is 5.32 Å². The van der Waals surface area contributed by atoms with Gasteiger partial charge in [-0.15, -0.1) is 0 Å². The first-order chi connectivity index (χ1) is 12.7. The summed E-state index contributed by atoms with van der Waals surface area (Å²) >= 11 is 0. The van der Waals surface area contributed by atoms with Gasteiger partial charge in [-0.1, -0.05) is 78.9 Å². The van der Waals surface area contributed by atoms with Crippen LogP contribution in [-0.4, -0.2) is 17.8 Å². The average molecular weight is 373 g/mol. The van der Waals surface area contributed by atoms with E-state index in [4.69, 9.17) is 4.99 Å². The van der Waals surface area contributed by atoms with Gasteiger partial charge in [-0.25, -0.2) is 0 Å². The molecule has 1 N–H and O–H groups in total. The molecule has 0 bridgehead atoms. The van der Waals surface area contributed by atoms with Crippen LogP contribution >= 0.6 is 0 Å². The van der Waals surface area contributed by atoms with E-state index < -0.39 is 0 Å². The maximum atomic E-state index is 4.90. The molecule has 0 unspecified atom stereocenters. The summed E-state index contributed by atoms with van der Waals surface area (Å²) in [4.78, 5) is 4.90. The fourth-order valence-electron chi connectivity index (χ4n) is 3.60. The lowest BCUT2D eigenvalue weighted by Crippen LogP contribution is -2.39. The highest BCUT2D eigenvalue weighted by atomic mass is 15.0. The number of hydrogen-bond donors (Lipinski definition) is 1. The van der Waals surface area contributed by atoms with Crippen LogP contribution in [0, 0.1) is 0 Å². The molecular formula is C25H44N2. The molecule has 0 aliphatic heterocycles. The summed E-state index contributed by atoms with van der Waals surface area (Å²) in [5.74, 6) is 1.04. The van der Waals surface area contributed by atoms with Gasteiger partial charge in [-0.05, 0) is 56.2 Å². The fraction of sp³-hybridized carbons (Fsp3) is 0.720. The molecule has 0 radical (unpaired) electrons. The Labute approximate surface area is 169 Å². The van der Waals surface area contributed by atoms with Crippen LogP contribution in [0.15, 0.2) is 23.2 Å². The average Bonchev–Trinajstić information content (AvgIpc) is 2.59. The van der Waals surface area contributed by atoms with Crippen LogP contribution in [0.2, 0.25) is 0 Å². The molecule has 0 aliphatic carbocycles. The smallest absolute Gasteiger partial charge is 0.0693 e. The summed E-state index contributed by atoms with van der Waals surface area (Å²) in [7, 11) is 0. The molecule has 0 fully saturated rings. The van der Waals surface area contributed by atoms with Gasteiger partial charge in [0.15, 0.2) is 0 Å². The molecule has 2 heteroatoms. The first kappa shape index (κ1) is 23.7. The summed E-state index contributed by atoms with van der Waals surface area (Å²) in [6.07, 6.45) is 7.91. The van der Waals surface area contributed by atoms with E-state index in [0.29, 0.717) is 11.8 Å². The Balaban J connectivity index is 2.78. The third-order valence-electron chi connectivity index (χ3n) is 5.55. The van der Waals surface area contributed by atoms with Crippen molar-refractivity contribution in [3.05, 3.63) is 29.3 Å². The van der Waals surface area contributed by atoms with Crippen molar-refractivity contribution < 1.29 is 0 Å². The molecule has 0 saturated carbocycles. The van der Waals surface area contributed by atoms with Crippen molar-refractivity contribution in [3.8, 4) is 0 Å². The van der Waals surface area contributed by atoms with Crippen LogP contribution in [0.4, 0.5) is 5.69 Å². The zero-order chi connectivity index (χ0) is 20.4. The van der Waals surface area contributed by atoms with E-state index in [2.05, 4.69) is 78.9 Å². The van der Waals surface area contributed by atoms with Crippen LogP contribution in [0.5, 0.6) is 0 Å². The van der Waals surface area contributed by atoms with Crippen LogP contribution in [0.1, 0.15) is 117 Å².